The van der Waals surface area contributed by atoms with Crippen molar-refractivity contribution in [3.63, 3.8) is 0 Å². The Bertz CT molecular complexity index is 1320. The van der Waals surface area contributed by atoms with Gasteiger partial charge in [-0.25, -0.2) is 13.2 Å². The molecule has 0 aliphatic carbocycles. The van der Waals surface area contributed by atoms with Gasteiger partial charge in [-0.2, -0.15) is 0 Å². The lowest BCUT2D eigenvalue weighted by Gasteiger charge is -2.33. The van der Waals surface area contributed by atoms with Crippen molar-refractivity contribution in [2.75, 3.05) is 10.0 Å². The zero-order valence-electron chi connectivity index (χ0n) is 17.6. The number of carboxylic acid groups (broad SMARTS) is 2. The van der Waals surface area contributed by atoms with Crippen molar-refractivity contribution >= 4 is 33.3 Å². The summed E-state index contributed by atoms with van der Waals surface area (Å²) in [4.78, 5) is 24.2. The van der Waals surface area contributed by atoms with Crippen LogP contribution in [-0.4, -0.2) is 30.6 Å². The van der Waals surface area contributed by atoms with Crippen LogP contribution in [0, 0.1) is 6.92 Å². The lowest BCUT2D eigenvalue weighted by molar-refractivity contribution is -0.139. The Labute approximate surface area is 191 Å². The molecule has 1 heterocycles. The van der Waals surface area contributed by atoms with E-state index in [0.29, 0.717) is 0 Å². The zero-order valence-corrected chi connectivity index (χ0v) is 18.5. The topological polar surface area (TPSA) is 133 Å². The summed E-state index contributed by atoms with van der Waals surface area (Å²) in [5.41, 5.74) is 1.89. The number of fused-ring (bicyclic) bond motifs is 1. The first-order valence-corrected chi connectivity index (χ1v) is 11.7. The molecule has 170 valence electrons. The molecule has 8 nitrogen and oxygen atoms in total. The van der Waals surface area contributed by atoms with E-state index in [1.807, 2.05) is 37.3 Å². The third-order valence-electron chi connectivity index (χ3n) is 5.65. The Morgan fingerprint density at radius 3 is 2.27 bits per heavy atom. The van der Waals surface area contributed by atoms with Crippen LogP contribution >= 0.6 is 0 Å². The number of benzene rings is 3. The van der Waals surface area contributed by atoms with E-state index in [9.17, 15) is 28.2 Å². The molecule has 2 unspecified atom stereocenters. The first kappa shape index (κ1) is 22.3. The van der Waals surface area contributed by atoms with E-state index in [4.69, 9.17) is 0 Å². The second-order valence-corrected chi connectivity index (χ2v) is 9.63. The minimum absolute atomic E-state index is 0.0137. The highest BCUT2D eigenvalue weighted by Gasteiger charge is 2.35. The predicted octanol–water partition coefficient (Wildman–Crippen LogP) is 4.22. The Morgan fingerprint density at radius 2 is 1.67 bits per heavy atom. The van der Waals surface area contributed by atoms with E-state index in [1.165, 1.54) is 24.3 Å². The Hall–Kier alpha value is -3.85. The quantitative estimate of drug-likeness (QED) is 0.427. The molecule has 33 heavy (non-hydrogen) atoms. The van der Waals surface area contributed by atoms with Crippen molar-refractivity contribution in [2.45, 2.75) is 30.2 Å². The summed E-state index contributed by atoms with van der Waals surface area (Å²) in [5.74, 6) is -3.44. The van der Waals surface area contributed by atoms with Crippen LogP contribution in [0.25, 0.3) is 0 Å². The van der Waals surface area contributed by atoms with Crippen LogP contribution in [0.3, 0.4) is 0 Å². The summed E-state index contributed by atoms with van der Waals surface area (Å²) >= 11 is 0. The van der Waals surface area contributed by atoms with Crippen LogP contribution in [0.4, 0.5) is 11.4 Å². The summed E-state index contributed by atoms with van der Waals surface area (Å²) in [6, 6.07) is 17.5. The number of carboxylic acids is 2. The number of aryl methyl sites for hydroxylation is 1. The highest BCUT2D eigenvalue weighted by Crippen LogP contribution is 2.43. The number of carbonyl (C=O) groups is 2. The van der Waals surface area contributed by atoms with E-state index in [1.54, 1.807) is 12.1 Å². The van der Waals surface area contributed by atoms with Crippen LogP contribution in [0.15, 0.2) is 71.6 Å². The smallest absolute Gasteiger partial charge is 0.337 e. The molecule has 4 N–H and O–H groups in total. The molecular formula is C24H22N2O6S. The standard InChI is InChI=1S/C24H22N2O6S/c1-14-7-9-17(10-8-14)33(31,32)26-16-11-18-19(23(27)28)13-21(15-5-3-2-4-6-15)25-22(18)20(12-16)24(29)30/h2-12,19,21,25-26H,13H2,1H3,(H,27,28)(H,29,30). The van der Waals surface area contributed by atoms with Crippen molar-refractivity contribution in [1.29, 1.82) is 0 Å². The molecule has 9 heteroatoms. The zero-order chi connectivity index (χ0) is 23.8. The second-order valence-electron chi connectivity index (χ2n) is 7.95. The van der Waals surface area contributed by atoms with E-state index < -0.39 is 33.9 Å². The average Bonchev–Trinajstić information content (AvgIpc) is 2.78. The molecule has 0 saturated heterocycles. The number of aliphatic carboxylic acids is 1. The number of hydrogen-bond acceptors (Lipinski definition) is 5. The van der Waals surface area contributed by atoms with Crippen molar-refractivity contribution in [2.24, 2.45) is 0 Å². The number of rotatable bonds is 6. The molecule has 3 aromatic carbocycles. The number of nitrogens with one attached hydrogen (secondary N) is 2. The Kier molecular flexibility index (Phi) is 5.82. The van der Waals surface area contributed by atoms with Crippen LogP contribution in [0.5, 0.6) is 0 Å². The lowest BCUT2D eigenvalue weighted by atomic mass is 9.83. The minimum atomic E-state index is -4.00. The van der Waals surface area contributed by atoms with Crippen LogP contribution in [0.2, 0.25) is 0 Å². The van der Waals surface area contributed by atoms with E-state index in [-0.39, 0.29) is 33.8 Å². The molecule has 0 amide bonds. The maximum Gasteiger partial charge on any atom is 0.337 e. The van der Waals surface area contributed by atoms with Gasteiger partial charge in [-0.1, -0.05) is 48.0 Å². The molecular weight excluding hydrogens is 444 g/mol. The van der Waals surface area contributed by atoms with Crippen LogP contribution < -0.4 is 10.0 Å². The molecule has 0 bridgehead atoms. The van der Waals surface area contributed by atoms with Gasteiger partial charge in [-0.05, 0) is 48.7 Å². The van der Waals surface area contributed by atoms with E-state index >= 15 is 0 Å². The molecule has 0 saturated carbocycles. The first-order valence-electron chi connectivity index (χ1n) is 10.2. The molecule has 1 aliphatic heterocycles. The molecule has 0 spiro atoms. The summed E-state index contributed by atoms with van der Waals surface area (Å²) in [6.07, 6.45) is 0.180. The van der Waals surface area contributed by atoms with Crippen molar-refractivity contribution in [3.05, 3.63) is 89.0 Å². The third kappa shape index (κ3) is 4.54. The average molecular weight is 467 g/mol. The molecule has 2 atom stereocenters. The highest BCUT2D eigenvalue weighted by molar-refractivity contribution is 7.92. The van der Waals surface area contributed by atoms with Crippen molar-refractivity contribution in [1.82, 2.24) is 0 Å². The number of hydrogen-bond donors (Lipinski definition) is 4. The van der Waals surface area contributed by atoms with Gasteiger partial charge < -0.3 is 15.5 Å². The van der Waals surface area contributed by atoms with E-state index in [2.05, 4.69) is 10.0 Å². The minimum Gasteiger partial charge on any atom is -0.481 e. The number of aromatic carboxylic acids is 1. The van der Waals surface area contributed by atoms with Gasteiger partial charge in [0.1, 0.15) is 0 Å². The van der Waals surface area contributed by atoms with E-state index in [0.717, 1.165) is 11.1 Å². The van der Waals surface area contributed by atoms with Crippen molar-refractivity contribution in [3.8, 4) is 0 Å². The van der Waals surface area contributed by atoms with Crippen molar-refractivity contribution < 1.29 is 28.2 Å². The first-order chi connectivity index (χ1) is 15.7. The lowest BCUT2D eigenvalue weighted by Crippen LogP contribution is -2.28. The van der Waals surface area contributed by atoms with Gasteiger partial charge in [-0.3, -0.25) is 9.52 Å². The summed E-state index contributed by atoms with van der Waals surface area (Å²) in [7, 11) is -4.00. The third-order valence-corrected chi connectivity index (χ3v) is 7.05. The van der Waals surface area contributed by atoms with Gasteiger partial charge in [0.05, 0.1) is 33.8 Å². The Balaban J connectivity index is 1.78. The summed E-state index contributed by atoms with van der Waals surface area (Å²) in [5, 5.41) is 22.9. The van der Waals surface area contributed by atoms with Gasteiger partial charge in [-0.15, -0.1) is 0 Å². The van der Waals surface area contributed by atoms with Gasteiger partial charge >= 0.3 is 11.9 Å². The summed E-state index contributed by atoms with van der Waals surface area (Å²) < 4.78 is 28.0. The van der Waals surface area contributed by atoms with Gasteiger partial charge in [0.2, 0.25) is 0 Å². The predicted molar refractivity (Wildman–Crippen MR) is 123 cm³/mol. The normalized spacial score (nSPS) is 17.5. The fraction of sp³-hybridized carbons (Fsp3) is 0.167. The molecule has 0 radical (unpaired) electrons. The molecule has 0 fully saturated rings. The highest BCUT2D eigenvalue weighted by atomic mass is 32.2. The largest absolute Gasteiger partial charge is 0.481 e. The second kappa shape index (κ2) is 8.59. The summed E-state index contributed by atoms with van der Waals surface area (Å²) in [6.45, 7) is 1.83. The number of sulfonamides is 1. The molecule has 0 aromatic heterocycles. The monoisotopic (exact) mass is 466 g/mol. The maximum atomic E-state index is 12.8. The van der Waals surface area contributed by atoms with Gasteiger partial charge in [0.15, 0.2) is 0 Å². The number of anilines is 2. The van der Waals surface area contributed by atoms with Gasteiger partial charge in [0.25, 0.3) is 10.0 Å². The maximum absolute atomic E-state index is 12.8. The van der Waals surface area contributed by atoms with Gasteiger partial charge in [0, 0.05) is 0 Å². The van der Waals surface area contributed by atoms with Crippen LogP contribution in [-0.2, 0) is 14.8 Å². The SMILES string of the molecule is Cc1ccc(S(=O)(=O)Nc2cc(C(=O)O)c3c(c2)C(C(=O)O)CC(c2ccccc2)N3)cc1. The Morgan fingerprint density at radius 1 is 1.00 bits per heavy atom. The molecule has 4 rings (SSSR count). The molecule has 3 aromatic rings. The fourth-order valence-corrected chi connectivity index (χ4v) is 5.03. The fourth-order valence-electron chi connectivity index (χ4n) is 3.99. The molecule has 1 aliphatic rings. The van der Waals surface area contributed by atoms with Crippen LogP contribution in [0.1, 0.15) is 45.4 Å².